The number of amides is 2. The minimum absolute atomic E-state index is 0.0315. The Morgan fingerprint density at radius 1 is 0.789 bits per heavy atom. The Morgan fingerprint density at radius 3 is 1.47 bits per heavy atom. The average Bonchev–Trinajstić information content (AvgIpc) is 2.35. The summed E-state index contributed by atoms with van der Waals surface area (Å²) >= 11 is 0. The molecule has 0 spiro atoms. The molecular formula is C13H20N2O4. The molecule has 0 saturated carbocycles. The highest BCUT2D eigenvalue weighted by molar-refractivity contribution is 6.08. The van der Waals surface area contributed by atoms with Gasteiger partial charge in [0.15, 0.2) is 0 Å². The van der Waals surface area contributed by atoms with Crippen molar-refractivity contribution in [1.29, 1.82) is 0 Å². The van der Waals surface area contributed by atoms with Gasteiger partial charge in [-0.2, -0.15) is 0 Å². The number of ketones is 2. The summed E-state index contributed by atoms with van der Waals surface area (Å²) in [6.45, 7) is 4.55. The number of hydrogen-bond acceptors (Lipinski definition) is 4. The lowest BCUT2D eigenvalue weighted by Crippen LogP contribution is -2.24. The molecule has 106 valence electrons. The third kappa shape index (κ3) is 9.93. The highest BCUT2D eigenvalue weighted by Crippen LogP contribution is 1.99. The molecule has 0 aliphatic heterocycles. The molecule has 0 aliphatic rings. The summed E-state index contributed by atoms with van der Waals surface area (Å²) < 4.78 is 0. The molecule has 6 nitrogen and oxygen atoms in total. The average molecular weight is 268 g/mol. The van der Waals surface area contributed by atoms with Crippen molar-refractivity contribution in [3.05, 3.63) is 12.8 Å². The van der Waals surface area contributed by atoms with Crippen LogP contribution in [0.1, 0.15) is 33.1 Å². The summed E-state index contributed by atoms with van der Waals surface area (Å²) in [6.07, 6.45) is 2.00. The Bertz CT molecular complexity index is 308. The quantitative estimate of drug-likeness (QED) is 0.544. The van der Waals surface area contributed by atoms with Gasteiger partial charge in [0, 0.05) is 38.8 Å². The number of Topliss-reactive ketones (excluding diaryl/α,β-unsaturated/α-hetero) is 2. The topological polar surface area (TPSA) is 92.3 Å². The van der Waals surface area contributed by atoms with E-state index in [0.717, 1.165) is 0 Å². The Balaban J connectivity index is 3.78. The Kier molecular flexibility index (Phi) is 9.30. The predicted molar refractivity (Wildman–Crippen MR) is 69.8 cm³/mol. The van der Waals surface area contributed by atoms with Crippen LogP contribution in [0.2, 0.25) is 0 Å². The molecule has 0 atom stereocenters. The van der Waals surface area contributed by atoms with Gasteiger partial charge in [0.25, 0.3) is 0 Å². The van der Waals surface area contributed by atoms with Crippen LogP contribution in [-0.4, -0.2) is 36.5 Å². The highest BCUT2D eigenvalue weighted by Gasteiger charge is 2.13. The lowest BCUT2D eigenvalue weighted by Gasteiger charge is -2.02. The minimum atomic E-state index is -0.414. The van der Waals surface area contributed by atoms with E-state index in [1.807, 2.05) is 0 Å². The summed E-state index contributed by atoms with van der Waals surface area (Å²) in [4.78, 5) is 44.9. The van der Waals surface area contributed by atoms with Crippen molar-refractivity contribution in [3.8, 4) is 0 Å². The largest absolute Gasteiger partial charge is 0.356 e. The number of carbonyl (C=O) groups excluding carboxylic acids is 4. The summed E-state index contributed by atoms with van der Waals surface area (Å²) in [6, 6.07) is 0. The van der Waals surface area contributed by atoms with Gasteiger partial charge in [-0.1, -0.05) is 0 Å². The molecule has 0 unspecified atom stereocenters. The van der Waals surface area contributed by atoms with Crippen molar-refractivity contribution in [2.45, 2.75) is 33.1 Å². The van der Waals surface area contributed by atoms with Crippen LogP contribution < -0.4 is 10.6 Å². The Morgan fingerprint density at radius 2 is 1.16 bits per heavy atom. The summed E-state index contributed by atoms with van der Waals surface area (Å²) in [5.41, 5.74) is 0. The second-order valence-electron chi connectivity index (χ2n) is 3.83. The third-order valence-corrected chi connectivity index (χ3v) is 2.13. The summed E-state index contributed by atoms with van der Waals surface area (Å²) in [5, 5.41) is 5.08. The van der Waals surface area contributed by atoms with Crippen molar-refractivity contribution in [2.24, 2.45) is 0 Å². The molecule has 2 radical (unpaired) electrons. The normalized spacial score (nSPS) is 9.79. The number of rotatable bonds is 10. The van der Waals surface area contributed by atoms with Crippen molar-refractivity contribution in [3.63, 3.8) is 0 Å². The van der Waals surface area contributed by atoms with Gasteiger partial charge in [0.05, 0.1) is 6.42 Å². The standard InChI is InChI=1S/C13H20N2O4/c1-3-14-12(18)7-5-10(16)9-11(17)6-8-13(19)15-4-2/h5-6H,3-4,7-9H2,1-2H3,(H,14,18)(H,15,19). The zero-order chi connectivity index (χ0) is 14.7. The van der Waals surface area contributed by atoms with E-state index in [0.29, 0.717) is 13.1 Å². The first kappa shape index (κ1) is 17.3. The van der Waals surface area contributed by atoms with E-state index in [-0.39, 0.29) is 31.1 Å². The molecule has 0 aromatic rings. The van der Waals surface area contributed by atoms with Gasteiger partial charge in [-0.05, 0) is 13.8 Å². The smallest absolute Gasteiger partial charge is 0.220 e. The van der Waals surface area contributed by atoms with Gasteiger partial charge in [-0.25, -0.2) is 0 Å². The Labute approximate surface area is 113 Å². The lowest BCUT2D eigenvalue weighted by atomic mass is 10.1. The predicted octanol–water partition coefficient (Wildman–Crippen LogP) is -0.0243. The van der Waals surface area contributed by atoms with E-state index in [9.17, 15) is 19.2 Å². The zero-order valence-electron chi connectivity index (χ0n) is 11.3. The number of carbonyl (C=O) groups is 4. The molecule has 0 saturated heterocycles. The van der Waals surface area contributed by atoms with Crippen LogP contribution in [0.3, 0.4) is 0 Å². The van der Waals surface area contributed by atoms with E-state index in [2.05, 4.69) is 10.6 Å². The van der Waals surface area contributed by atoms with Crippen LogP contribution >= 0.6 is 0 Å². The van der Waals surface area contributed by atoms with E-state index < -0.39 is 11.6 Å². The maximum absolute atomic E-state index is 11.4. The van der Waals surface area contributed by atoms with Crippen molar-refractivity contribution in [2.75, 3.05) is 13.1 Å². The molecule has 2 amide bonds. The third-order valence-electron chi connectivity index (χ3n) is 2.13. The molecule has 0 fully saturated rings. The van der Waals surface area contributed by atoms with Crippen LogP contribution in [0.25, 0.3) is 0 Å². The minimum Gasteiger partial charge on any atom is -0.356 e. The van der Waals surface area contributed by atoms with Crippen LogP contribution in [0.5, 0.6) is 0 Å². The molecule has 2 N–H and O–H groups in total. The van der Waals surface area contributed by atoms with Gasteiger partial charge >= 0.3 is 0 Å². The maximum Gasteiger partial charge on any atom is 0.220 e. The molecule has 0 aliphatic carbocycles. The first-order valence-corrected chi connectivity index (χ1v) is 6.25. The summed E-state index contributed by atoms with van der Waals surface area (Å²) in [7, 11) is 0. The fourth-order valence-corrected chi connectivity index (χ4v) is 1.27. The fraction of sp³-hybridized carbons (Fsp3) is 0.538. The highest BCUT2D eigenvalue weighted by atomic mass is 16.2. The van der Waals surface area contributed by atoms with Crippen molar-refractivity contribution >= 4 is 23.4 Å². The van der Waals surface area contributed by atoms with E-state index in [1.54, 1.807) is 13.8 Å². The van der Waals surface area contributed by atoms with Gasteiger partial charge in [0.2, 0.25) is 11.8 Å². The fourth-order valence-electron chi connectivity index (χ4n) is 1.27. The Hall–Kier alpha value is -1.72. The van der Waals surface area contributed by atoms with Crippen LogP contribution in [0.4, 0.5) is 0 Å². The zero-order valence-corrected chi connectivity index (χ0v) is 11.3. The molecule has 0 heterocycles. The molecule has 0 bridgehead atoms. The van der Waals surface area contributed by atoms with E-state index in [4.69, 9.17) is 0 Å². The second-order valence-corrected chi connectivity index (χ2v) is 3.83. The van der Waals surface area contributed by atoms with E-state index in [1.165, 1.54) is 12.8 Å². The molecule has 0 aromatic carbocycles. The molecular weight excluding hydrogens is 248 g/mol. The summed E-state index contributed by atoms with van der Waals surface area (Å²) in [5.74, 6) is -1.34. The monoisotopic (exact) mass is 268 g/mol. The molecule has 0 rings (SSSR count). The SMILES string of the molecule is CCNC(=O)C[CH]C(=O)CC(=O)[CH]CC(=O)NCC. The molecule has 6 heteroatoms. The van der Waals surface area contributed by atoms with Gasteiger partial charge in [0.1, 0.15) is 11.6 Å². The van der Waals surface area contributed by atoms with Gasteiger partial charge < -0.3 is 10.6 Å². The second kappa shape index (κ2) is 10.2. The first-order valence-electron chi connectivity index (χ1n) is 6.25. The number of nitrogens with one attached hydrogen (secondary N) is 2. The van der Waals surface area contributed by atoms with Crippen LogP contribution in [0, 0.1) is 12.8 Å². The molecule has 19 heavy (non-hydrogen) atoms. The lowest BCUT2D eigenvalue weighted by molar-refractivity contribution is -0.127. The maximum atomic E-state index is 11.4. The van der Waals surface area contributed by atoms with Crippen LogP contribution in [-0.2, 0) is 19.2 Å². The van der Waals surface area contributed by atoms with Gasteiger partial charge in [-0.3, -0.25) is 19.2 Å². The van der Waals surface area contributed by atoms with Crippen molar-refractivity contribution < 1.29 is 19.2 Å². The van der Waals surface area contributed by atoms with Crippen LogP contribution in [0.15, 0.2) is 0 Å². The number of hydrogen-bond donors (Lipinski definition) is 2. The van der Waals surface area contributed by atoms with E-state index >= 15 is 0 Å². The van der Waals surface area contributed by atoms with Gasteiger partial charge in [-0.15, -0.1) is 0 Å². The first-order chi connectivity index (χ1) is 8.99. The molecule has 0 aromatic heterocycles. The van der Waals surface area contributed by atoms with Crippen molar-refractivity contribution in [1.82, 2.24) is 10.6 Å².